The van der Waals surface area contributed by atoms with E-state index in [-0.39, 0.29) is 11.8 Å². The van der Waals surface area contributed by atoms with Gasteiger partial charge in [0.2, 0.25) is 11.8 Å². The second-order valence-electron chi connectivity index (χ2n) is 5.65. The minimum atomic E-state index is -1.01. The molecule has 1 rings (SSSR count). The molecular weight excluding hydrogens is 252 g/mol. The van der Waals surface area contributed by atoms with E-state index in [0.29, 0.717) is 18.5 Å². The molecule has 0 radical (unpaired) electrons. The minimum absolute atomic E-state index is 0.0989. The molecule has 0 bridgehead atoms. The maximum absolute atomic E-state index is 12.4. The molecule has 0 spiro atoms. The van der Waals surface area contributed by atoms with E-state index in [1.807, 2.05) is 44.2 Å². The van der Waals surface area contributed by atoms with Gasteiger partial charge in [0.1, 0.15) is 5.54 Å². The summed E-state index contributed by atoms with van der Waals surface area (Å²) < 4.78 is 0. The lowest BCUT2D eigenvalue weighted by Gasteiger charge is -2.40. The van der Waals surface area contributed by atoms with E-state index in [1.165, 1.54) is 0 Å². The van der Waals surface area contributed by atoms with E-state index in [9.17, 15) is 9.59 Å². The Balaban J connectivity index is 3.33. The van der Waals surface area contributed by atoms with Gasteiger partial charge in [-0.3, -0.25) is 14.5 Å². The first kappa shape index (κ1) is 16.2. The van der Waals surface area contributed by atoms with Gasteiger partial charge in [0.05, 0.1) is 0 Å². The van der Waals surface area contributed by atoms with Gasteiger partial charge >= 0.3 is 0 Å². The molecule has 0 heterocycles. The van der Waals surface area contributed by atoms with Crippen LogP contribution >= 0.6 is 0 Å². The lowest BCUT2D eigenvalue weighted by Crippen LogP contribution is -2.58. The van der Waals surface area contributed by atoms with Gasteiger partial charge in [0, 0.05) is 12.1 Å². The summed E-state index contributed by atoms with van der Waals surface area (Å²) in [5.74, 6) is -0.321. The van der Waals surface area contributed by atoms with Gasteiger partial charge in [-0.15, -0.1) is 0 Å². The van der Waals surface area contributed by atoms with Crippen molar-refractivity contribution in [3.8, 4) is 0 Å². The van der Waals surface area contributed by atoms with Gasteiger partial charge in [0.25, 0.3) is 0 Å². The molecule has 0 aliphatic carbocycles. The smallest absolute Gasteiger partial charge is 0.243 e. The summed E-state index contributed by atoms with van der Waals surface area (Å²) in [6, 6.07) is 9.23. The first-order valence-corrected chi connectivity index (χ1v) is 7.01. The normalized spacial score (nSPS) is 13.8. The van der Waals surface area contributed by atoms with Gasteiger partial charge in [-0.1, -0.05) is 39.0 Å². The van der Waals surface area contributed by atoms with Gasteiger partial charge in [-0.05, 0) is 31.4 Å². The van der Waals surface area contributed by atoms with Crippen molar-refractivity contribution in [1.82, 2.24) is 0 Å². The van der Waals surface area contributed by atoms with Crippen molar-refractivity contribution in [2.24, 2.45) is 11.7 Å². The van der Waals surface area contributed by atoms with Crippen molar-refractivity contribution in [2.75, 3.05) is 4.90 Å². The zero-order chi connectivity index (χ0) is 15.3. The molecular formula is C16H24N2O2. The Morgan fingerprint density at radius 2 is 1.80 bits per heavy atom. The van der Waals surface area contributed by atoms with Crippen LogP contribution in [-0.2, 0) is 9.59 Å². The standard InChI is InChI=1S/C16H24N2O2/c1-5-14(19)18(13-9-7-6-8-10-13)16(4,15(17)20)11-12(2)3/h6-10,12H,5,11H2,1-4H3,(H2,17,20)/t16-/m0/s1. The van der Waals surface area contributed by atoms with Crippen LogP contribution < -0.4 is 10.6 Å². The average molecular weight is 276 g/mol. The van der Waals surface area contributed by atoms with Crippen LogP contribution in [0.1, 0.15) is 40.5 Å². The monoisotopic (exact) mass is 276 g/mol. The molecule has 0 saturated heterocycles. The fourth-order valence-electron chi connectivity index (χ4n) is 2.54. The molecule has 0 aliphatic heterocycles. The van der Waals surface area contributed by atoms with E-state index in [2.05, 4.69) is 0 Å². The molecule has 0 aromatic heterocycles. The van der Waals surface area contributed by atoms with Crippen LogP contribution in [0.5, 0.6) is 0 Å². The summed E-state index contributed by atoms with van der Waals surface area (Å²) in [7, 11) is 0. The Kier molecular flexibility index (Phi) is 5.31. The number of primary amides is 1. The lowest BCUT2D eigenvalue weighted by molar-refractivity contribution is -0.128. The third-order valence-electron chi connectivity index (χ3n) is 3.40. The van der Waals surface area contributed by atoms with Gasteiger partial charge in [-0.25, -0.2) is 0 Å². The number of benzene rings is 1. The van der Waals surface area contributed by atoms with Crippen LogP contribution in [0.3, 0.4) is 0 Å². The highest BCUT2D eigenvalue weighted by atomic mass is 16.2. The number of carbonyl (C=O) groups is 2. The molecule has 110 valence electrons. The van der Waals surface area contributed by atoms with E-state index >= 15 is 0 Å². The van der Waals surface area contributed by atoms with Gasteiger partial charge < -0.3 is 5.73 Å². The first-order chi connectivity index (χ1) is 9.32. The van der Waals surface area contributed by atoms with Crippen LogP contribution in [-0.4, -0.2) is 17.4 Å². The minimum Gasteiger partial charge on any atom is -0.368 e. The molecule has 2 N–H and O–H groups in total. The van der Waals surface area contributed by atoms with Gasteiger partial charge in [-0.2, -0.15) is 0 Å². The zero-order valence-electron chi connectivity index (χ0n) is 12.7. The molecule has 1 aromatic carbocycles. The van der Waals surface area contributed by atoms with Crippen LogP contribution in [0, 0.1) is 5.92 Å². The van der Waals surface area contributed by atoms with E-state index in [0.717, 1.165) is 0 Å². The topological polar surface area (TPSA) is 63.4 Å². The summed E-state index contributed by atoms with van der Waals surface area (Å²) in [5, 5.41) is 0. The molecule has 20 heavy (non-hydrogen) atoms. The van der Waals surface area contributed by atoms with Crippen molar-refractivity contribution in [3.05, 3.63) is 30.3 Å². The van der Waals surface area contributed by atoms with E-state index < -0.39 is 11.4 Å². The molecule has 1 aromatic rings. The van der Waals surface area contributed by atoms with Crippen molar-refractivity contribution in [3.63, 3.8) is 0 Å². The summed E-state index contributed by atoms with van der Waals surface area (Å²) in [4.78, 5) is 25.9. The van der Waals surface area contributed by atoms with Crippen molar-refractivity contribution in [1.29, 1.82) is 0 Å². The molecule has 4 heteroatoms. The number of nitrogens with two attached hydrogens (primary N) is 1. The molecule has 0 aliphatic rings. The van der Waals surface area contributed by atoms with E-state index in [1.54, 1.807) is 18.7 Å². The highest BCUT2D eigenvalue weighted by Gasteiger charge is 2.41. The quantitative estimate of drug-likeness (QED) is 0.868. The van der Waals surface area contributed by atoms with Crippen molar-refractivity contribution < 1.29 is 9.59 Å². The fraction of sp³-hybridized carbons (Fsp3) is 0.500. The van der Waals surface area contributed by atoms with Crippen LogP contribution in [0.4, 0.5) is 5.69 Å². The third kappa shape index (κ3) is 3.38. The summed E-state index contributed by atoms with van der Waals surface area (Å²) in [5.41, 5.74) is 5.32. The maximum Gasteiger partial charge on any atom is 0.243 e. The molecule has 4 nitrogen and oxygen atoms in total. The third-order valence-corrected chi connectivity index (χ3v) is 3.40. The largest absolute Gasteiger partial charge is 0.368 e. The Morgan fingerprint density at radius 3 is 2.20 bits per heavy atom. The first-order valence-electron chi connectivity index (χ1n) is 7.01. The second-order valence-corrected chi connectivity index (χ2v) is 5.65. The summed E-state index contributed by atoms with van der Waals surface area (Å²) in [6.07, 6.45) is 0.860. The Labute approximate surface area is 121 Å². The molecule has 1 atom stereocenters. The predicted octanol–water partition coefficient (Wildman–Crippen LogP) is 2.72. The number of hydrogen-bond donors (Lipinski definition) is 1. The number of carbonyl (C=O) groups excluding carboxylic acids is 2. The zero-order valence-corrected chi connectivity index (χ0v) is 12.7. The lowest BCUT2D eigenvalue weighted by atomic mass is 9.87. The Bertz CT molecular complexity index is 471. The maximum atomic E-state index is 12.4. The summed E-state index contributed by atoms with van der Waals surface area (Å²) >= 11 is 0. The summed E-state index contributed by atoms with van der Waals surface area (Å²) in [6.45, 7) is 7.56. The number of nitrogens with zero attached hydrogens (tertiary/aromatic N) is 1. The Hall–Kier alpha value is -1.84. The molecule has 0 unspecified atom stereocenters. The average Bonchev–Trinajstić information content (AvgIpc) is 2.38. The van der Waals surface area contributed by atoms with Crippen molar-refractivity contribution in [2.45, 2.75) is 46.1 Å². The predicted molar refractivity (Wildman–Crippen MR) is 81.3 cm³/mol. The number of hydrogen-bond acceptors (Lipinski definition) is 2. The van der Waals surface area contributed by atoms with Crippen LogP contribution in [0.2, 0.25) is 0 Å². The van der Waals surface area contributed by atoms with Crippen LogP contribution in [0.25, 0.3) is 0 Å². The van der Waals surface area contributed by atoms with Crippen molar-refractivity contribution >= 4 is 17.5 Å². The molecule has 0 fully saturated rings. The van der Waals surface area contributed by atoms with Gasteiger partial charge in [0.15, 0.2) is 0 Å². The number of rotatable bonds is 6. The molecule has 0 saturated carbocycles. The Morgan fingerprint density at radius 1 is 1.25 bits per heavy atom. The second kappa shape index (κ2) is 6.55. The highest BCUT2D eigenvalue weighted by molar-refractivity contribution is 6.02. The SMILES string of the molecule is CCC(=O)N(c1ccccc1)[C@@](C)(CC(C)C)C(N)=O. The number of para-hydroxylation sites is 1. The number of amides is 2. The fourth-order valence-corrected chi connectivity index (χ4v) is 2.54. The van der Waals surface area contributed by atoms with E-state index in [4.69, 9.17) is 5.73 Å². The highest BCUT2D eigenvalue weighted by Crippen LogP contribution is 2.30. The molecule has 2 amide bonds. The number of anilines is 1. The van der Waals surface area contributed by atoms with Crippen LogP contribution in [0.15, 0.2) is 30.3 Å².